The highest BCUT2D eigenvalue weighted by molar-refractivity contribution is 7.17. The topological polar surface area (TPSA) is 103 Å². The molecule has 1 aliphatic rings. The normalized spacial score (nSPS) is 14.9. The lowest BCUT2D eigenvalue weighted by Crippen LogP contribution is -2.37. The summed E-state index contributed by atoms with van der Waals surface area (Å²) in [4.78, 5) is 22.1. The predicted octanol–water partition coefficient (Wildman–Crippen LogP) is 5.39. The molecule has 0 spiro atoms. The van der Waals surface area contributed by atoms with Crippen LogP contribution in [0.4, 0.5) is 5.82 Å². The van der Waals surface area contributed by atoms with Gasteiger partial charge >= 0.3 is 0 Å². The molecule has 0 aromatic carbocycles. The molecule has 1 aliphatic heterocycles. The van der Waals surface area contributed by atoms with E-state index >= 15 is 0 Å². The molecule has 1 fully saturated rings. The van der Waals surface area contributed by atoms with Crippen molar-refractivity contribution in [3.05, 3.63) is 47.5 Å². The third kappa shape index (κ3) is 3.43. The van der Waals surface area contributed by atoms with E-state index in [1.54, 1.807) is 36.9 Å². The van der Waals surface area contributed by atoms with Gasteiger partial charge in [0.2, 0.25) is 5.91 Å². The summed E-state index contributed by atoms with van der Waals surface area (Å²) in [6.45, 7) is 3.12. The van der Waals surface area contributed by atoms with Crippen LogP contribution in [0, 0.1) is 0 Å². The first-order chi connectivity index (χ1) is 16.5. The summed E-state index contributed by atoms with van der Waals surface area (Å²) < 4.78 is 9.19. The monoisotopic (exact) mass is 492 g/mol. The molecule has 0 radical (unpaired) electrons. The number of nitrogens with two attached hydrogens (primary N) is 1. The van der Waals surface area contributed by atoms with Crippen LogP contribution in [0.25, 0.3) is 43.5 Å². The number of hydrogen-bond donors (Lipinski definition) is 1. The Labute approximate surface area is 204 Å². The van der Waals surface area contributed by atoms with Crippen LogP contribution >= 0.6 is 22.9 Å². The number of carbonyl (C=O) groups is 1. The molecule has 1 saturated heterocycles. The van der Waals surface area contributed by atoms with Gasteiger partial charge in [-0.2, -0.15) is 5.10 Å². The maximum absolute atomic E-state index is 11.6. The van der Waals surface area contributed by atoms with Crippen LogP contribution in [0.2, 0.25) is 5.02 Å². The van der Waals surface area contributed by atoms with Crippen LogP contribution in [-0.2, 0) is 4.79 Å². The Balaban J connectivity index is 1.38. The number of nitrogen functional groups attached to an aromatic ring is 1. The first kappa shape index (κ1) is 21.1. The van der Waals surface area contributed by atoms with Crippen molar-refractivity contribution in [2.75, 3.05) is 18.8 Å². The van der Waals surface area contributed by atoms with Crippen molar-refractivity contribution in [3.8, 4) is 22.5 Å². The highest BCUT2D eigenvalue weighted by Crippen LogP contribution is 2.42. The molecule has 34 heavy (non-hydrogen) atoms. The Morgan fingerprint density at radius 3 is 2.82 bits per heavy atom. The minimum atomic E-state index is 0.127. The summed E-state index contributed by atoms with van der Waals surface area (Å²) in [6.07, 6.45) is 10.8. The van der Waals surface area contributed by atoms with Crippen molar-refractivity contribution < 1.29 is 9.21 Å². The van der Waals surface area contributed by atoms with Gasteiger partial charge in [-0.05, 0) is 18.9 Å². The quantitative estimate of drug-likeness (QED) is 0.362. The molecule has 0 unspecified atom stereocenters. The van der Waals surface area contributed by atoms with Gasteiger partial charge in [0.15, 0.2) is 11.4 Å². The zero-order valence-electron chi connectivity index (χ0n) is 18.4. The van der Waals surface area contributed by atoms with E-state index in [4.69, 9.17) is 21.8 Å². The number of aromatic nitrogens is 4. The average molecular weight is 493 g/mol. The number of thiophene rings is 1. The predicted molar refractivity (Wildman–Crippen MR) is 134 cm³/mol. The largest absolute Gasteiger partial charge is 0.452 e. The number of anilines is 1. The van der Waals surface area contributed by atoms with Crippen LogP contribution in [0.3, 0.4) is 0 Å². The van der Waals surface area contributed by atoms with E-state index in [1.807, 2.05) is 33.4 Å². The molecule has 10 heteroatoms. The summed E-state index contributed by atoms with van der Waals surface area (Å²) >= 11 is 8.01. The average Bonchev–Trinajstić information content (AvgIpc) is 3.58. The Bertz CT molecular complexity index is 1550. The van der Waals surface area contributed by atoms with Crippen LogP contribution < -0.4 is 5.73 Å². The van der Waals surface area contributed by atoms with Crippen molar-refractivity contribution in [3.63, 3.8) is 0 Å². The molecule has 8 nitrogen and oxygen atoms in total. The maximum Gasteiger partial charge on any atom is 0.219 e. The molecular weight excluding hydrogens is 472 g/mol. The summed E-state index contributed by atoms with van der Waals surface area (Å²) in [5.41, 5.74) is 9.47. The first-order valence-corrected chi connectivity index (χ1v) is 12.2. The van der Waals surface area contributed by atoms with Crippen LogP contribution in [0.15, 0.2) is 46.8 Å². The number of piperidine rings is 1. The third-order valence-electron chi connectivity index (χ3n) is 6.49. The molecule has 2 N–H and O–H groups in total. The molecule has 0 bridgehead atoms. The lowest BCUT2D eigenvalue weighted by Gasteiger charge is -2.31. The molecule has 0 saturated carbocycles. The summed E-state index contributed by atoms with van der Waals surface area (Å²) in [7, 11) is 0. The fourth-order valence-corrected chi connectivity index (χ4v) is 5.91. The number of furan rings is 1. The molecule has 5 aromatic heterocycles. The lowest BCUT2D eigenvalue weighted by molar-refractivity contribution is -0.130. The van der Waals surface area contributed by atoms with E-state index < -0.39 is 0 Å². The van der Waals surface area contributed by atoms with Crippen molar-refractivity contribution in [1.29, 1.82) is 0 Å². The number of carbonyl (C=O) groups excluding carboxylic acids is 1. The molecule has 1 amide bonds. The number of halogens is 1. The smallest absolute Gasteiger partial charge is 0.219 e. The number of amides is 1. The van der Waals surface area contributed by atoms with Gasteiger partial charge < -0.3 is 15.1 Å². The van der Waals surface area contributed by atoms with E-state index in [1.165, 1.54) is 0 Å². The molecular formula is C24H21ClN6O2S. The zero-order valence-corrected chi connectivity index (χ0v) is 19.9. The van der Waals surface area contributed by atoms with Crippen molar-refractivity contribution in [2.24, 2.45) is 0 Å². The van der Waals surface area contributed by atoms with E-state index in [0.717, 1.165) is 58.1 Å². The molecule has 172 valence electrons. The highest BCUT2D eigenvalue weighted by atomic mass is 35.5. The number of likely N-dealkylation sites (tertiary alicyclic amines) is 1. The van der Waals surface area contributed by atoms with Gasteiger partial charge in [-0.25, -0.2) is 4.98 Å². The Morgan fingerprint density at radius 1 is 1.21 bits per heavy atom. The summed E-state index contributed by atoms with van der Waals surface area (Å²) in [6, 6.07) is 2.25. The zero-order chi connectivity index (χ0) is 23.4. The van der Waals surface area contributed by atoms with E-state index in [9.17, 15) is 4.79 Å². The first-order valence-electron chi connectivity index (χ1n) is 11.0. The third-order valence-corrected chi connectivity index (χ3v) is 7.69. The second-order valence-corrected chi connectivity index (χ2v) is 9.82. The van der Waals surface area contributed by atoms with Gasteiger partial charge in [0, 0.05) is 77.6 Å². The molecule has 0 atom stereocenters. The van der Waals surface area contributed by atoms with E-state index in [0.29, 0.717) is 22.2 Å². The van der Waals surface area contributed by atoms with Crippen LogP contribution in [0.1, 0.15) is 25.8 Å². The minimum absolute atomic E-state index is 0.127. The number of pyridine rings is 2. The van der Waals surface area contributed by atoms with Crippen molar-refractivity contribution in [2.45, 2.75) is 25.8 Å². The van der Waals surface area contributed by atoms with Gasteiger partial charge in [0.25, 0.3) is 0 Å². The summed E-state index contributed by atoms with van der Waals surface area (Å²) in [5.74, 6) is 1.14. The number of fused-ring (bicyclic) bond motifs is 2. The highest BCUT2D eigenvalue weighted by Gasteiger charge is 2.24. The molecule has 0 aliphatic carbocycles. The molecule has 6 heterocycles. The van der Waals surface area contributed by atoms with Gasteiger partial charge in [0.1, 0.15) is 5.76 Å². The standard InChI is InChI=1S/C24H21ClN6O2S/c1-13(32)30-4-2-15(3-5-30)31-11-14(7-29-31)17-8-28-24(26)23-16(17)6-20(33-23)18-12-34-21-10-27-9-19(25)22(18)21/h6-12,15H,2-5H2,1H3,(H2,26,28). The fourth-order valence-electron chi connectivity index (χ4n) is 4.66. The fraction of sp³-hybridized carbons (Fsp3) is 0.250. The second-order valence-electron chi connectivity index (χ2n) is 8.50. The Morgan fingerprint density at radius 2 is 2.03 bits per heavy atom. The second kappa shape index (κ2) is 8.11. The molecule has 6 rings (SSSR count). The van der Waals surface area contributed by atoms with Crippen molar-refractivity contribution in [1.82, 2.24) is 24.6 Å². The number of nitrogens with zero attached hydrogens (tertiary/aromatic N) is 5. The van der Waals surface area contributed by atoms with E-state index in [2.05, 4.69) is 15.1 Å². The summed E-state index contributed by atoms with van der Waals surface area (Å²) in [5, 5.41) is 9.01. The number of hydrogen-bond acceptors (Lipinski definition) is 7. The minimum Gasteiger partial charge on any atom is -0.452 e. The SMILES string of the molecule is CC(=O)N1CCC(n2cc(-c3cnc(N)c4oc(-c5csc6cncc(Cl)c56)cc34)cn2)CC1. The lowest BCUT2D eigenvalue weighted by atomic mass is 10.0. The Hall–Kier alpha value is -3.43. The van der Waals surface area contributed by atoms with Gasteiger partial charge in [0.05, 0.1) is 22.0 Å². The van der Waals surface area contributed by atoms with Gasteiger partial charge in [-0.1, -0.05) is 11.6 Å². The van der Waals surface area contributed by atoms with Gasteiger partial charge in [-0.15, -0.1) is 11.3 Å². The maximum atomic E-state index is 11.6. The molecule has 5 aromatic rings. The van der Waals surface area contributed by atoms with Crippen LogP contribution in [0.5, 0.6) is 0 Å². The van der Waals surface area contributed by atoms with Gasteiger partial charge in [-0.3, -0.25) is 14.5 Å². The Kier molecular flexibility index (Phi) is 5.04. The number of rotatable bonds is 3. The van der Waals surface area contributed by atoms with Crippen LogP contribution in [-0.4, -0.2) is 43.6 Å². The van der Waals surface area contributed by atoms with Crippen molar-refractivity contribution >= 4 is 55.7 Å². The van der Waals surface area contributed by atoms with E-state index in [-0.39, 0.29) is 11.9 Å².